The first-order valence-corrected chi connectivity index (χ1v) is 8.11. The number of ether oxygens (including phenoxy) is 2. The molecule has 24 heavy (non-hydrogen) atoms. The highest BCUT2D eigenvalue weighted by molar-refractivity contribution is 6.32. The fraction of sp³-hybridized carbons (Fsp3) is 0.222. The summed E-state index contributed by atoms with van der Waals surface area (Å²) >= 11 is 12.2. The molecule has 0 aromatic heterocycles. The minimum absolute atomic E-state index is 0.127. The summed E-state index contributed by atoms with van der Waals surface area (Å²) in [6, 6.07) is 12.2. The van der Waals surface area contributed by atoms with E-state index in [4.69, 9.17) is 37.9 Å². The average molecular weight is 364 g/mol. The molecule has 0 aliphatic carbocycles. The third-order valence-corrected chi connectivity index (χ3v) is 3.86. The van der Waals surface area contributed by atoms with Crippen molar-refractivity contribution in [3.05, 3.63) is 57.6 Å². The second-order valence-corrected chi connectivity index (χ2v) is 5.71. The molecule has 0 aliphatic rings. The zero-order valence-electron chi connectivity index (χ0n) is 13.0. The van der Waals surface area contributed by atoms with E-state index in [0.717, 1.165) is 5.56 Å². The first-order valence-electron chi connectivity index (χ1n) is 7.35. The second-order valence-electron chi connectivity index (χ2n) is 4.90. The minimum atomic E-state index is -0.456. The van der Waals surface area contributed by atoms with Crippen LogP contribution in [0.2, 0.25) is 10.0 Å². The van der Waals surface area contributed by atoms with Gasteiger partial charge >= 0.3 is 5.97 Å². The molecule has 0 heterocycles. The fourth-order valence-corrected chi connectivity index (χ4v) is 2.58. The molecule has 0 bridgehead atoms. The number of carbonyl (C=O) groups is 1. The van der Waals surface area contributed by atoms with Gasteiger partial charge in [0.25, 0.3) is 0 Å². The first-order chi connectivity index (χ1) is 11.5. The van der Waals surface area contributed by atoms with Gasteiger partial charge in [-0.25, -0.2) is 0 Å². The predicted molar refractivity (Wildman–Crippen MR) is 92.7 cm³/mol. The number of nitrogens with zero attached hydrogens (tertiary/aromatic N) is 1. The maximum Gasteiger partial charge on any atom is 0.311 e. The highest BCUT2D eigenvalue weighted by Crippen LogP contribution is 2.37. The number of halogens is 2. The summed E-state index contributed by atoms with van der Waals surface area (Å²) < 4.78 is 10.8. The molecule has 124 valence electrons. The molecule has 2 aromatic carbocycles. The van der Waals surface area contributed by atoms with E-state index < -0.39 is 5.97 Å². The SMILES string of the molecule is CCOc1cc(C#N)cc(Cl)c1OC(=O)CCc1ccccc1Cl. The molecule has 0 amide bonds. The number of hydrogen-bond donors (Lipinski definition) is 0. The molecule has 0 aliphatic heterocycles. The Balaban J connectivity index is 2.11. The minimum Gasteiger partial charge on any atom is -0.490 e. The lowest BCUT2D eigenvalue weighted by Gasteiger charge is -2.12. The Bertz CT molecular complexity index is 784. The smallest absolute Gasteiger partial charge is 0.311 e. The van der Waals surface area contributed by atoms with Crippen LogP contribution in [0.15, 0.2) is 36.4 Å². The van der Waals surface area contributed by atoms with E-state index in [1.54, 1.807) is 13.0 Å². The molecule has 2 rings (SSSR count). The molecule has 0 saturated carbocycles. The van der Waals surface area contributed by atoms with Gasteiger partial charge in [-0.3, -0.25) is 4.79 Å². The Hall–Kier alpha value is -2.22. The summed E-state index contributed by atoms with van der Waals surface area (Å²) in [6.45, 7) is 2.14. The summed E-state index contributed by atoms with van der Waals surface area (Å²) in [5, 5.41) is 9.74. The molecular formula is C18H15Cl2NO3. The predicted octanol–water partition coefficient (Wildman–Crippen LogP) is 4.80. The molecule has 0 radical (unpaired) electrons. The van der Waals surface area contributed by atoms with Crippen molar-refractivity contribution in [2.75, 3.05) is 6.61 Å². The quantitative estimate of drug-likeness (QED) is 0.546. The van der Waals surface area contributed by atoms with Crippen LogP contribution >= 0.6 is 23.2 Å². The molecule has 0 unspecified atom stereocenters. The Morgan fingerprint density at radius 2 is 1.96 bits per heavy atom. The van der Waals surface area contributed by atoms with Crippen molar-refractivity contribution in [2.24, 2.45) is 0 Å². The van der Waals surface area contributed by atoms with Crippen molar-refractivity contribution in [1.82, 2.24) is 0 Å². The van der Waals surface area contributed by atoms with Gasteiger partial charge < -0.3 is 9.47 Å². The number of hydrogen-bond acceptors (Lipinski definition) is 4. The monoisotopic (exact) mass is 363 g/mol. The van der Waals surface area contributed by atoms with Crippen LogP contribution in [0.25, 0.3) is 0 Å². The number of benzene rings is 2. The Morgan fingerprint density at radius 3 is 2.62 bits per heavy atom. The van der Waals surface area contributed by atoms with Crippen LogP contribution in [0.4, 0.5) is 0 Å². The van der Waals surface area contributed by atoms with Gasteiger partial charge in [-0.1, -0.05) is 41.4 Å². The van der Waals surface area contributed by atoms with E-state index in [-0.39, 0.29) is 22.9 Å². The molecule has 0 saturated heterocycles. The molecule has 4 nitrogen and oxygen atoms in total. The van der Waals surface area contributed by atoms with Crippen molar-refractivity contribution < 1.29 is 14.3 Å². The van der Waals surface area contributed by atoms with Crippen LogP contribution < -0.4 is 9.47 Å². The summed E-state index contributed by atoms with van der Waals surface area (Å²) in [5.74, 6) is -0.0585. The van der Waals surface area contributed by atoms with Crippen LogP contribution in [0.3, 0.4) is 0 Å². The molecule has 2 aromatic rings. The van der Waals surface area contributed by atoms with Crippen molar-refractivity contribution in [1.29, 1.82) is 5.26 Å². The summed E-state index contributed by atoms with van der Waals surface area (Å²) in [4.78, 5) is 12.1. The fourth-order valence-electron chi connectivity index (χ4n) is 2.10. The van der Waals surface area contributed by atoms with Crippen LogP contribution in [0, 0.1) is 11.3 Å². The zero-order chi connectivity index (χ0) is 17.5. The van der Waals surface area contributed by atoms with Gasteiger partial charge in [-0.15, -0.1) is 0 Å². The van der Waals surface area contributed by atoms with Gasteiger partial charge in [0.2, 0.25) is 0 Å². The normalized spacial score (nSPS) is 10.1. The van der Waals surface area contributed by atoms with E-state index in [0.29, 0.717) is 23.6 Å². The average Bonchev–Trinajstić information content (AvgIpc) is 2.57. The lowest BCUT2D eigenvalue weighted by Crippen LogP contribution is -2.11. The highest BCUT2D eigenvalue weighted by Gasteiger charge is 2.16. The number of nitriles is 1. The van der Waals surface area contributed by atoms with Crippen LogP contribution in [-0.2, 0) is 11.2 Å². The van der Waals surface area contributed by atoms with Crippen molar-refractivity contribution >= 4 is 29.2 Å². The molecule has 0 fully saturated rings. The Labute approximate surface area is 150 Å². The van der Waals surface area contributed by atoms with Gasteiger partial charge in [-0.2, -0.15) is 5.26 Å². The van der Waals surface area contributed by atoms with E-state index in [2.05, 4.69) is 0 Å². The third kappa shape index (κ3) is 4.64. The molecule has 6 heteroatoms. The summed E-state index contributed by atoms with van der Waals surface area (Å²) in [7, 11) is 0. The standard InChI is InChI=1S/C18H15Cl2NO3/c1-2-23-16-10-12(11-21)9-15(20)18(16)24-17(22)8-7-13-5-3-4-6-14(13)19/h3-6,9-10H,2,7-8H2,1H3. The van der Waals surface area contributed by atoms with Gasteiger partial charge in [0.15, 0.2) is 11.5 Å². The maximum absolute atomic E-state index is 12.1. The van der Waals surface area contributed by atoms with Crippen LogP contribution in [0.1, 0.15) is 24.5 Å². The molecular weight excluding hydrogens is 349 g/mol. The second kappa shape index (κ2) is 8.58. The zero-order valence-corrected chi connectivity index (χ0v) is 14.5. The molecule has 0 spiro atoms. The Morgan fingerprint density at radius 1 is 1.21 bits per heavy atom. The topological polar surface area (TPSA) is 59.3 Å². The number of carbonyl (C=O) groups excluding carboxylic acids is 1. The number of esters is 1. The van der Waals surface area contributed by atoms with Crippen LogP contribution in [-0.4, -0.2) is 12.6 Å². The lowest BCUT2D eigenvalue weighted by molar-refractivity contribution is -0.134. The number of aryl methyl sites for hydroxylation is 1. The maximum atomic E-state index is 12.1. The third-order valence-electron chi connectivity index (χ3n) is 3.21. The van der Waals surface area contributed by atoms with E-state index >= 15 is 0 Å². The van der Waals surface area contributed by atoms with Crippen molar-refractivity contribution in [2.45, 2.75) is 19.8 Å². The van der Waals surface area contributed by atoms with Gasteiger partial charge in [0, 0.05) is 11.1 Å². The molecule has 0 atom stereocenters. The van der Waals surface area contributed by atoms with Gasteiger partial charge in [0.05, 0.1) is 29.7 Å². The largest absolute Gasteiger partial charge is 0.490 e. The van der Waals surface area contributed by atoms with Gasteiger partial charge in [0.1, 0.15) is 0 Å². The summed E-state index contributed by atoms with van der Waals surface area (Å²) in [5.41, 5.74) is 1.20. The highest BCUT2D eigenvalue weighted by atomic mass is 35.5. The molecule has 0 N–H and O–H groups in total. The lowest BCUT2D eigenvalue weighted by atomic mass is 10.1. The van der Waals surface area contributed by atoms with Crippen molar-refractivity contribution in [3.63, 3.8) is 0 Å². The van der Waals surface area contributed by atoms with Crippen LogP contribution in [0.5, 0.6) is 11.5 Å². The first kappa shape index (κ1) is 18.1. The van der Waals surface area contributed by atoms with E-state index in [1.165, 1.54) is 12.1 Å². The summed E-state index contributed by atoms with van der Waals surface area (Å²) in [6.07, 6.45) is 0.599. The Kier molecular flexibility index (Phi) is 6.48. The number of rotatable bonds is 6. The van der Waals surface area contributed by atoms with Gasteiger partial charge in [-0.05, 0) is 31.0 Å². The van der Waals surface area contributed by atoms with E-state index in [9.17, 15) is 4.79 Å². The van der Waals surface area contributed by atoms with E-state index in [1.807, 2.05) is 24.3 Å². The van der Waals surface area contributed by atoms with Crippen molar-refractivity contribution in [3.8, 4) is 17.6 Å².